The first kappa shape index (κ1) is 17.9. The SMILES string of the molecule is COc1ccc(Cl)cc1NC(=O)C1CCc2nc(-c3ccncc3)sc2C1. The van der Waals surface area contributed by atoms with Crippen molar-refractivity contribution in [2.24, 2.45) is 5.92 Å². The van der Waals surface area contributed by atoms with Crippen LogP contribution in [0.15, 0.2) is 42.7 Å². The molecular weight excluding hydrogens is 382 g/mol. The highest BCUT2D eigenvalue weighted by molar-refractivity contribution is 7.15. The van der Waals surface area contributed by atoms with E-state index >= 15 is 0 Å². The van der Waals surface area contributed by atoms with Crippen molar-refractivity contribution in [1.82, 2.24) is 9.97 Å². The summed E-state index contributed by atoms with van der Waals surface area (Å²) in [6.45, 7) is 0. The van der Waals surface area contributed by atoms with Crippen LogP contribution in [0.2, 0.25) is 5.02 Å². The van der Waals surface area contributed by atoms with Gasteiger partial charge in [-0.2, -0.15) is 0 Å². The number of hydrogen-bond acceptors (Lipinski definition) is 5. The van der Waals surface area contributed by atoms with Crippen molar-refractivity contribution in [2.75, 3.05) is 12.4 Å². The molecule has 0 saturated heterocycles. The van der Waals surface area contributed by atoms with E-state index in [2.05, 4.69) is 10.3 Å². The van der Waals surface area contributed by atoms with Gasteiger partial charge in [0.05, 0.1) is 18.5 Å². The summed E-state index contributed by atoms with van der Waals surface area (Å²) in [6, 6.07) is 9.11. The fourth-order valence-electron chi connectivity index (χ4n) is 3.23. The molecule has 1 aliphatic carbocycles. The summed E-state index contributed by atoms with van der Waals surface area (Å²) in [5.74, 6) is 0.494. The second-order valence-electron chi connectivity index (χ2n) is 6.40. The van der Waals surface area contributed by atoms with Crippen LogP contribution < -0.4 is 10.1 Å². The van der Waals surface area contributed by atoms with Crippen molar-refractivity contribution < 1.29 is 9.53 Å². The molecule has 0 fully saturated rings. The summed E-state index contributed by atoms with van der Waals surface area (Å²) >= 11 is 7.71. The third kappa shape index (κ3) is 3.82. The average molecular weight is 400 g/mol. The lowest BCUT2D eigenvalue weighted by Crippen LogP contribution is -2.27. The molecule has 3 aromatic rings. The number of thiazole rings is 1. The van der Waals surface area contributed by atoms with Gasteiger partial charge in [0.1, 0.15) is 10.8 Å². The van der Waals surface area contributed by atoms with Gasteiger partial charge in [0.15, 0.2) is 0 Å². The van der Waals surface area contributed by atoms with Crippen molar-refractivity contribution in [3.63, 3.8) is 0 Å². The van der Waals surface area contributed by atoms with E-state index in [4.69, 9.17) is 21.3 Å². The second kappa shape index (κ2) is 7.66. The number of ether oxygens (including phenoxy) is 1. The highest BCUT2D eigenvalue weighted by Gasteiger charge is 2.28. The molecule has 0 radical (unpaired) electrons. The smallest absolute Gasteiger partial charge is 0.227 e. The number of nitrogens with one attached hydrogen (secondary N) is 1. The van der Waals surface area contributed by atoms with Gasteiger partial charge in [-0.3, -0.25) is 9.78 Å². The fourth-order valence-corrected chi connectivity index (χ4v) is 4.59. The van der Waals surface area contributed by atoms with Gasteiger partial charge in [-0.05, 0) is 49.6 Å². The number of pyridine rings is 1. The summed E-state index contributed by atoms with van der Waals surface area (Å²) in [6.07, 6.45) is 5.82. The number of rotatable bonds is 4. The monoisotopic (exact) mass is 399 g/mol. The summed E-state index contributed by atoms with van der Waals surface area (Å²) in [5.41, 5.74) is 2.77. The number of fused-ring (bicyclic) bond motifs is 1. The van der Waals surface area contributed by atoms with Gasteiger partial charge in [0.25, 0.3) is 0 Å². The molecule has 138 valence electrons. The zero-order chi connectivity index (χ0) is 18.8. The second-order valence-corrected chi connectivity index (χ2v) is 7.92. The third-order valence-electron chi connectivity index (χ3n) is 4.66. The Balaban J connectivity index is 1.50. The quantitative estimate of drug-likeness (QED) is 0.695. The molecule has 0 aliphatic heterocycles. The van der Waals surface area contributed by atoms with Crippen molar-refractivity contribution in [3.8, 4) is 16.3 Å². The number of nitrogens with zero attached hydrogens (tertiary/aromatic N) is 2. The van der Waals surface area contributed by atoms with Crippen molar-refractivity contribution in [2.45, 2.75) is 19.3 Å². The van der Waals surface area contributed by atoms with Gasteiger partial charge in [-0.15, -0.1) is 11.3 Å². The van der Waals surface area contributed by atoms with Gasteiger partial charge in [-0.25, -0.2) is 4.98 Å². The maximum atomic E-state index is 12.8. The minimum Gasteiger partial charge on any atom is -0.495 e. The number of aryl methyl sites for hydroxylation is 1. The third-order valence-corrected chi connectivity index (χ3v) is 6.06. The van der Waals surface area contributed by atoms with Crippen molar-refractivity contribution >= 4 is 34.5 Å². The van der Waals surface area contributed by atoms with E-state index in [1.807, 2.05) is 12.1 Å². The highest BCUT2D eigenvalue weighted by atomic mass is 35.5. The maximum Gasteiger partial charge on any atom is 0.227 e. The minimum atomic E-state index is -0.0908. The van der Waals surface area contributed by atoms with Crippen molar-refractivity contribution in [3.05, 3.63) is 58.3 Å². The van der Waals surface area contributed by atoms with Crippen LogP contribution in [0.1, 0.15) is 17.0 Å². The Kier molecular flexibility index (Phi) is 5.09. The number of amides is 1. The topological polar surface area (TPSA) is 64.1 Å². The molecule has 2 heterocycles. The Morgan fingerprint density at radius 3 is 2.89 bits per heavy atom. The molecule has 0 bridgehead atoms. The lowest BCUT2D eigenvalue weighted by Gasteiger charge is -2.21. The predicted octanol–water partition coefficient (Wildman–Crippen LogP) is 4.61. The summed E-state index contributed by atoms with van der Waals surface area (Å²) in [7, 11) is 1.57. The van der Waals surface area contributed by atoms with Gasteiger partial charge in [-0.1, -0.05) is 11.6 Å². The maximum absolute atomic E-state index is 12.8. The molecule has 1 amide bonds. The molecule has 0 saturated carbocycles. The Hall–Kier alpha value is -2.44. The Labute approximate surface area is 166 Å². The standard InChI is InChI=1S/C20H18ClN3O2S/c1-26-17-5-3-14(21)11-16(17)23-19(25)13-2-4-15-18(10-13)27-20(24-15)12-6-8-22-9-7-12/h3,5-9,11,13H,2,4,10H2,1H3,(H,23,25). The molecule has 2 aromatic heterocycles. The van der Waals surface area contributed by atoms with E-state index in [1.54, 1.807) is 49.0 Å². The summed E-state index contributed by atoms with van der Waals surface area (Å²) in [4.78, 5) is 22.8. The number of halogens is 1. The molecule has 1 aromatic carbocycles. The van der Waals surface area contributed by atoms with Crippen LogP contribution in [0.4, 0.5) is 5.69 Å². The molecule has 27 heavy (non-hydrogen) atoms. The zero-order valence-electron chi connectivity index (χ0n) is 14.7. The average Bonchev–Trinajstić information content (AvgIpc) is 3.12. The van der Waals surface area contributed by atoms with Crippen LogP contribution in [0.25, 0.3) is 10.6 Å². The number of carbonyl (C=O) groups excluding carboxylic acids is 1. The van der Waals surface area contributed by atoms with Crippen LogP contribution in [0, 0.1) is 5.92 Å². The number of anilines is 1. The van der Waals surface area contributed by atoms with Crippen LogP contribution >= 0.6 is 22.9 Å². The summed E-state index contributed by atoms with van der Waals surface area (Å²) < 4.78 is 5.31. The molecule has 7 heteroatoms. The van der Waals surface area contributed by atoms with Crippen LogP contribution in [-0.2, 0) is 17.6 Å². The van der Waals surface area contributed by atoms with Crippen molar-refractivity contribution in [1.29, 1.82) is 0 Å². The Bertz CT molecular complexity index is 975. The largest absolute Gasteiger partial charge is 0.495 e. The first-order chi connectivity index (χ1) is 13.1. The van der Waals surface area contributed by atoms with Crippen LogP contribution in [-0.4, -0.2) is 23.0 Å². The van der Waals surface area contributed by atoms with Crippen LogP contribution in [0.5, 0.6) is 5.75 Å². The lowest BCUT2D eigenvalue weighted by atomic mass is 9.90. The van der Waals surface area contributed by atoms with E-state index < -0.39 is 0 Å². The van der Waals surface area contributed by atoms with E-state index in [0.29, 0.717) is 22.9 Å². The number of hydrogen-bond donors (Lipinski definition) is 1. The highest BCUT2D eigenvalue weighted by Crippen LogP contribution is 2.35. The number of carbonyl (C=O) groups is 1. The molecule has 1 unspecified atom stereocenters. The molecular formula is C20H18ClN3O2S. The zero-order valence-corrected chi connectivity index (χ0v) is 16.3. The van der Waals surface area contributed by atoms with Gasteiger partial charge >= 0.3 is 0 Å². The number of benzene rings is 1. The first-order valence-electron chi connectivity index (χ1n) is 8.67. The molecule has 1 N–H and O–H groups in total. The van der Waals surface area contributed by atoms with E-state index in [0.717, 1.165) is 29.1 Å². The normalized spacial score (nSPS) is 15.9. The van der Waals surface area contributed by atoms with Gasteiger partial charge in [0.2, 0.25) is 5.91 Å². The van der Waals surface area contributed by atoms with E-state index in [9.17, 15) is 4.79 Å². The van der Waals surface area contributed by atoms with Gasteiger partial charge in [0, 0.05) is 33.8 Å². The predicted molar refractivity (Wildman–Crippen MR) is 107 cm³/mol. The summed E-state index contributed by atoms with van der Waals surface area (Å²) in [5, 5.41) is 4.51. The molecule has 1 atom stereocenters. The Morgan fingerprint density at radius 2 is 2.11 bits per heavy atom. The van der Waals surface area contributed by atoms with E-state index in [-0.39, 0.29) is 11.8 Å². The molecule has 1 aliphatic rings. The first-order valence-corrected chi connectivity index (χ1v) is 9.87. The van der Waals surface area contributed by atoms with Gasteiger partial charge < -0.3 is 10.1 Å². The van der Waals surface area contributed by atoms with E-state index in [1.165, 1.54) is 4.88 Å². The van der Waals surface area contributed by atoms with Crippen LogP contribution in [0.3, 0.4) is 0 Å². The molecule has 5 nitrogen and oxygen atoms in total. The molecule has 0 spiro atoms. The fraction of sp³-hybridized carbons (Fsp3) is 0.250. The molecule has 4 rings (SSSR count). The number of aromatic nitrogens is 2. The lowest BCUT2D eigenvalue weighted by molar-refractivity contribution is -0.120. The minimum absolute atomic E-state index is 0.0138. The number of methoxy groups -OCH3 is 1. The Morgan fingerprint density at radius 1 is 1.30 bits per heavy atom.